The molecule has 0 spiro atoms. The summed E-state index contributed by atoms with van der Waals surface area (Å²) in [5.74, 6) is 3.01. The van der Waals surface area contributed by atoms with Gasteiger partial charge in [0.15, 0.2) is 0 Å². The first-order valence-corrected chi connectivity index (χ1v) is 16.3. The number of anilines is 2. The second-order valence-electron chi connectivity index (χ2n) is 12.5. The van der Waals surface area contributed by atoms with Crippen molar-refractivity contribution in [3.05, 3.63) is 95.1 Å². The van der Waals surface area contributed by atoms with E-state index in [4.69, 9.17) is 4.74 Å². The van der Waals surface area contributed by atoms with Crippen molar-refractivity contribution in [3.8, 4) is 5.75 Å². The summed E-state index contributed by atoms with van der Waals surface area (Å²) in [6.45, 7) is 27.0. The van der Waals surface area contributed by atoms with E-state index >= 15 is 0 Å². The van der Waals surface area contributed by atoms with Crippen molar-refractivity contribution in [1.82, 2.24) is 0 Å². The molecule has 1 fully saturated rings. The van der Waals surface area contributed by atoms with E-state index in [0.29, 0.717) is 23.7 Å². The third-order valence-electron chi connectivity index (χ3n) is 7.51. The standard InChI is InChI=1S/C27H39N2.C10H12O.Ru/c1-18(2)22-11-9-12-23(19(3)4)26(22)28-15-16-29(17-28)27-24(20(5)6)13-10-14-25(27)21(7)8;1-8(2)11-10-7-5-4-6-9(10)3;/h9-14,17-21H,15-16H2,1-8H3;3-8H,1-2H3;/q-1;;+1. The Kier molecular flexibility index (Phi) is 12.2. The summed E-state index contributed by atoms with van der Waals surface area (Å²) in [4.78, 5) is 5.01. The fourth-order valence-corrected chi connectivity index (χ4v) is 5.87. The van der Waals surface area contributed by atoms with E-state index < -0.39 is 0 Å². The van der Waals surface area contributed by atoms with Gasteiger partial charge in [0.1, 0.15) is 0 Å². The maximum Gasteiger partial charge on any atom is 0.0156 e. The average Bonchev–Trinajstić information content (AvgIpc) is 3.42. The fraction of sp³-hybridized carbons (Fsp3) is 0.459. The van der Waals surface area contributed by atoms with Gasteiger partial charge < -0.3 is 9.80 Å². The average molecular weight is 641 g/mol. The van der Waals surface area contributed by atoms with E-state index in [0.717, 1.165) is 24.4 Å². The van der Waals surface area contributed by atoms with Crippen LogP contribution in [0, 0.1) is 6.67 Å². The van der Waals surface area contributed by atoms with E-state index in [1.807, 2.05) is 42.7 Å². The maximum absolute atomic E-state index is 5.59. The van der Waals surface area contributed by atoms with Crippen molar-refractivity contribution in [2.75, 3.05) is 22.9 Å². The summed E-state index contributed by atoms with van der Waals surface area (Å²) in [5.41, 5.74) is 9.79. The Hall–Kier alpha value is -2.45. The predicted molar refractivity (Wildman–Crippen MR) is 176 cm³/mol. The van der Waals surface area contributed by atoms with Crippen LogP contribution >= 0.6 is 0 Å². The summed E-state index contributed by atoms with van der Waals surface area (Å²) in [7, 11) is 0. The minimum Gasteiger partial charge on any atom is -0.502 e. The first-order chi connectivity index (χ1) is 19.5. The van der Waals surface area contributed by atoms with Crippen LogP contribution in [0.3, 0.4) is 0 Å². The zero-order chi connectivity index (χ0) is 30.3. The van der Waals surface area contributed by atoms with Gasteiger partial charge in [-0.25, -0.2) is 0 Å². The molecule has 0 N–H and O–H groups in total. The van der Waals surface area contributed by atoms with Gasteiger partial charge in [-0.1, -0.05) is 91.8 Å². The molecule has 0 unspecified atom stereocenters. The van der Waals surface area contributed by atoms with Crippen molar-refractivity contribution in [1.29, 1.82) is 0 Å². The normalized spacial score (nSPS) is 13.4. The number of para-hydroxylation sites is 3. The van der Waals surface area contributed by atoms with Crippen LogP contribution in [0.5, 0.6) is 5.75 Å². The van der Waals surface area contributed by atoms with Crippen molar-refractivity contribution < 1.29 is 22.6 Å². The van der Waals surface area contributed by atoms with Crippen LogP contribution in [0.15, 0.2) is 60.7 Å². The van der Waals surface area contributed by atoms with Crippen LogP contribution in [0.2, 0.25) is 0 Å². The summed E-state index contributed by atoms with van der Waals surface area (Å²) in [6, 6.07) is 21.7. The minimum atomic E-state index is 0.234. The molecular weight excluding hydrogens is 589 g/mol. The molecule has 0 amide bonds. The summed E-state index contributed by atoms with van der Waals surface area (Å²) in [6.07, 6.45) is 0.234. The van der Waals surface area contributed by atoms with Gasteiger partial charge in [-0.2, -0.15) is 6.67 Å². The van der Waals surface area contributed by atoms with Crippen LogP contribution in [0.4, 0.5) is 11.4 Å². The van der Waals surface area contributed by atoms with Gasteiger partial charge >= 0.3 is 82.7 Å². The van der Waals surface area contributed by atoms with E-state index in [1.165, 1.54) is 33.6 Å². The third-order valence-corrected chi connectivity index (χ3v) is 8.05. The molecule has 0 aromatic heterocycles. The summed E-state index contributed by atoms with van der Waals surface area (Å²) < 4.78 is 7.58. The molecule has 4 rings (SSSR count). The molecule has 3 aromatic carbocycles. The first kappa shape index (κ1) is 33.1. The number of rotatable bonds is 9. The molecule has 0 aliphatic carbocycles. The molecule has 1 saturated heterocycles. The molecule has 0 bridgehead atoms. The molecule has 3 nitrogen and oxygen atoms in total. The fourth-order valence-electron chi connectivity index (χ4n) is 5.45. The zero-order valence-corrected chi connectivity index (χ0v) is 28.6. The first-order valence-electron chi connectivity index (χ1n) is 15.3. The molecule has 0 radical (unpaired) electrons. The number of benzene rings is 3. The molecule has 1 aliphatic rings. The van der Waals surface area contributed by atoms with Crippen LogP contribution in [0.1, 0.15) is 121 Å². The van der Waals surface area contributed by atoms with Gasteiger partial charge in [-0.15, -0.1) is 0 Å². The number of hydrogen-bond acceptors (Lipinski definition) is 3. The molecule has 4 heteroatoms. The molecular formula is C37H51N2ORu. The molecule has 1 aliphatic heterocycles. The molecule has 223 valence electrons. The van der Waals surface area contributed by atoms with Gasteiger partial charge in [0.05, 0.1) is 0 Å². The Morgan fingerprint density at radius 2 is 1.00 bits per heavy atom. The van der Waals surface area contributed by atoms with Gasteiger partial charge in [-0.05, 0) is 45.9 Å². The molecule has 0 atom stereocenters. The Morgan fingerprint density at radius 1 is 0.610 bits per heavy atom. The van der Waals surface area contributed by atoms with Crippen LogP contribution in [0.25, 0.3) is 0 Å². The van der Waals surface area contributed by atoms with Crippen molar-refractivity contribution in [2.45, 2.75) is 99.0 Å². The van der Waals surface area contributed by atoms with Crippen molar-refractivity contribution in [2.24, 2.45) is 0 Å². The smallest absolute Gasteiger partial charge is 0.0156 e. The third kappa shape index (κ3) is 8.32. The Morgan fingerprint density at radius 3 is 1.34 bits per heavy atom. The topological polar surface area (TPSA) is 15.7 Å². The Labute approximate surface area is 260 Å². The van der Waals surface area contributed by atoms with Gasteiger partial charge in [0.25, 0.3) is 0 Å². The molecule has 1 heterocycles. The van der Waals surface area contributed by atoms with Gasteiger partial charge in [0.2, 0.25) is 0 Å². The van der Waals surface area contributed by atoms with Crippen LogP contribution in [-0.2, 0) is 17.9 Å². The largest absolute Gasteiger partial charge is 0.502 e. The van der Waals surface area contributed by atoms with Crippen LogP contribution in [-0.4, -0.2) is 23.8 Å². The van der Waals surface area contributed by atoms with Gasteiger partial charge in [-0.3, -0.25) is 0 Å². The number of ether oxygens (including phenoxy) is 1. The van der Waals surface area contributed by atoms with E-state index in [1.54, 1.807) is 0 Å². The van der Waals surface area contributed by atoms with Crippen molar-refractivity contribution >= 4 is 16.0 Å². The number of nitrogens with zero attached hydrogens (tertiary/aromatic N) is 2. The van der Waals surface area contributed by atoms with Gasteiger partial charge in [0, 0.05) is 24.5 Å². The Bertz CT molecular complexity index is 1160. The maximum atomic E-state index is 5.59. The SMILES string of the molecule is CC(C)Oc1ccccc1[CH]=[Ru+].CC(C)c1cccc(C(C)C)c1N1[CH-]N(c2c(C(C)C)cccc2C(C)C)CC1. The minimum absolute atomic E-state index is 0.234. The Balaban J connectivity index is 0.000000322. The predicted octanol–water partition coefficient (Wildman–Crippen LogP) is 9.80. The monoisotopic (exact) mass is 641 g/mol. The molecule has 3 aromatic rings. The molecule has 0 saturated carbocycles. The zero-order valence-electron chi connectivity index (χ0n) is 26.9. The summed E-state index contributed by atoms with van der Waals surface area (Å²) in [5, 5.41) is 0. The number of hydrogen-bond donors (Lipinski definition) is 0. The van der Waals surface area contributed by atoms with E-state index in [2.05, 4.69) is 126 Å². The second kappa shape index (κ2) is 15.1. The molecule has 41 heavy (non-hydrogen) atoms. The quantitative estimate of drug-likeness (QED) is 0.171. The summed E-state index contributed by atoms with van der Waals surface area (Å²) >= 11 is 2.49. The van der Waals surface area contributed by atoms with E-state index in [9.17, 15) is 0 Å². The second-order valence-corrected chi connectivity index (χ2v) is 13.0. The van der Waals surface area contributed by atoms with E-state index in [-0.39, 0.29) is 6.10 Å². The van der Waals surface area contributed by atoms with Crippen molar-refractivity contribution in [3.63, 3.8) is 0 Å². The van der Waals surface area contributed by atoms with Crippen LogP contribution < -0.4 is 14.5 Å².